The largest absolute Gasteiger partial charge is 0.337 e. The van der Waals surface area contributed by atoms with Crippen LogP contribution in [0.25, 0.3) is 10.9 Å². The Balaban J connectivity index is 2.24. The van der Waals surface area contributed by atoms with Crippen LogP contribution in [0.4, 0.5) is 4.39 Å². The molecule has 1 aromatic heterocycles. The van der Waals surface area contributed by atoms with Gasteiger partial charge in [-0.05, 0) is 37.0 Å². The van der Waals surface area contributed by atoms with E-state index in [9.17, 15) is 9.18 Å². The first-order valence-corrected chi connectivity index (χ1v) is 6.00. The fraction of sp³-hybridized carbons (Fsp3) is 0.308. The van der Waals surface area contributed by atoms with Crippen LogP contribution in [0, 0.1) is 11.7 Å². The minimum atomic E-state index is -0.372. The molecule has 0 atom stereocenters. The summed E-state index contributed by atoms with van der Waals surface area (Å²) in [5.74, 6) is 0.258. The predicted octanol–water partition coefficient (Wildman–Crippen LogP) is 3.66. The van der Waals surface area contributed by atoms with Gasteiger partial charge >= 0.3 is 0 Å². The van der Waals surface area contributed by atoms with Gasteiger partial charge in [-0.15, -0.1) is 0 Å². The Hall–Kier alpha value is -1.35. The summed E-state index contributed by atoms with van der Waals surface area (Å²) in [6.45, 7) is 0.795. The number of fused-ring (bicyclic) bond motifs is 1. The number of nitrogens with zero attached hydrogens (tertiary/aromatic N) is 1. The summed E-state index contributed by atoms with van der Waals surface area (Å²) in [7, 11) is 0. The fourth-order valence-electron chi connectivity index (χ4n) is 2.20. The third-order valence-corrected chi connectivity index (χ3v) is 3.49. The van der Waals surface area contributed by atoms with Gasteiger partial charge in [0.1, 0.15) is 5.82 Å². The van der Waals surface area contributed by atoms with Crippen molar-refractivity contribution in [1.29, 1.82) is 0 Å². The van der Waals surface area contributed by atoms with Crippen molar-refractivity contribution in [3.8, 4) is 0 Å². The van der Waals surface area contributed by atoms with Crippen LogP contribution in [0.1, 0.15) is 23.3 Å². The van der Waals surface area contributed by atoms with E-state index < -0.39 is 0 Å². The molecule has 0 saturated heterocycles. The zero-order valence-corrected chi connectivity index (χ0v) is 9.88. The van der Waals surface area contributed by atoms with Crippen molar-refractivity contribution in [2.24, 2.45) is 5.92 Å². The maximum Gasteiger partial charge on any atom is 0.166 e. The van der Waals surface area contributed by atoms with Gasteiger partial charge < -0.3 is 4.57 Å². The van der Waals surface area contributed by atoms with Gasteiger partial charge in [-0.3, -0.25) is 4.79 Å². The summed E-state index contributed by atoms with van der Waals surface area (Å²) in [6, 6.07) is 4.40. The van der Waals surface area contributed by atoms with Crippen LogP contribution in [0.15, 0.2) is 18.2 Å². The Kier molecular flexibility index (Phi) is 2.44. The van der Waals surface area contributed by atoms with Gasteiger partial charge in [0.25, 0.3) is 0 Å². The lowest BCUT2D eigenvalue weighted by molar-refractivity contribution is 0.111. The van der Waals surface area contributed by atoms with Crippen molar-refractivity contribution in [3.63, 3.8) is 0 Å². The number of hydrogen-bond donors (Lipinski definition) is 0. The first-order valence-electron chi connectivity index (χ1n) is 5.62. The molecule has 3 rings (SSSR count). The van der Waals surface area contributed by atoms with Crippen molar-refractivity contribution >= 4 is 28.8 Å². The summed E-state index contributed by atoms with van der Waals surface area (Å²) in [5.41, 5.74) is 1.33. The molecular formula is C13H11ClFNO. The lowest BCUT2D eigenvalue weighted by atomic mass is 10.2. The monoisotopic (exact) mass is 251 g/mol. The molecule has 1 fully saturated rings. The summed E-state index contributed by atoms with van der Waals surface area (Å²) in [6.07, 6.45) is 3.18. The van der Waals surface area contributed by atoms with E-state index in [-0.39, 0.29) is 5.82 Å². The zero-order chi connectivity index (χ0) is 12.0. The molecule has 1 saturated carbocycles. The van der Waals surface area contributed by atoms with Gasteiger partial charge in [0.05, 0.1) is 16.2 Å². The second-order valence-electron chi connectivity index (χ2n) is 4.57. The predicted molar refractivity (Wildman–Crippen MR) is 65.0 cm³/mol. The first-order chi connectivity index (χ1) is 8.19. The van der Waals surface area contributed by atoms with Gasteiger partial charge in [0.15, 0.2) is 6.29 Å². The highest BCUT2D eigenvalue weighted by Crippen LogP contribution is 2.35. The number of rotatable bonds is 3. The minimum Gasteiger partial charge on any atom is -0.337 e. The molecule has 0 radical (unpaired) electrons. The quantitative estimate of drug-likeness (QED) is 0.763. The number of carbonyl (C=O) groups excluding carboxylic acids is 1. The van der Waals surface area contributed by atoms with Gasteiger partial charge in [-0.25, -0.2) is 4.39 Å². The number of aromatic nitrogens is 1. The number of carbonyl (C=O) groups is 1. The van der Waals surface area contributed by atoms with E-state index in [1.807, 2.05) is 4.57 Å². The molecule has 88 valence electrons. The molecule has 1 aliphatic carbocycles. The number of hydrogen-bond acceptors (Lipinski definition) is 1. The van der Waals surface area contributed by atoms with Crippen molar-refractivity contribution in [1.82, 2.24) is 4.57 Å². The van der Waals surface area contributed by atoms with E-state index in [0.29, 0.717) is 22.0 Å². The summed E-state index contributed by atoms with van der Waals surface area (Å²) >= 11 is 6.06. The lowest BCUT2D eigenvalue weighted by Crippen LogP contribution is -2.03. The van der Waals surface area contributed by atoms with Gasteiger partial charge in [-0.1, -0.05) is 11.6 Å². The summed E-state index contributed by atoms with van der Waals surface area (Å²) in [5, 5.41) is 1.06. The third-order valence-electron chi connectivity index (χ3n) is 3.20. The average molecular weight is 252 g/mol. The Labute approximate surface area is 103 Å². The number of benzene rings is 1. The number of aldehydes is 1. The molecular weight excluding hydrogens is 241 g/mol. The molecule has 2 aromatic rings. The molecule has 0 amide bonds. The van der Waals surface area contributed by atoms with Crippen molar-refractivity contribution < 1.29 is 9.18 Å². The molecule has 1 aromatic carbocycles. The van der Waals surface area contributed by atoms with E-state index in [1.165, 1.54) is 25.0 Å². The Morgan fingerprint density at radius 3 is 2.82 bits per heavy atom. The van der Waals surface area contributed by atoms with Crippen LogP contribution in [0.3, 0.4) is 0 Å². The number of halogens is 2. The normalized spacial score (nSPS) is 15.4. The van der Waals surface area contributed by atoms with Gasteiger partial charge in [-0.2, -0.15) is 0 Å². The maximum atomic E-state index is 13.2. The van der Waals surface area contributed by atoms with Crippen LogP contribution >= 0.6 is 11.6 Å². The Bertz CT molecular complexity index is 601. The summed E-state index contributed by atoms with van der Waals surface area (Å²) in [4.78, 5) is 11.0. The molecule has 0 bridgehead atoms. The molecule has 2 nitrogen and oxygen atoms in total. The van der Waals surface area contributed by atoms with Crippen molar-refractivity contribution in [3.05, 3.63) is 34.7 Å². The molecule has 0 spiro atoms. The van der Waals surface area contributed by atoms with E-state index in [4.69, 9.17) is 11.6 Å². The third kappa shape index (κ3) is 1.84. The molecule has 1 aliphatic rings. The van der Waals surface area contributed by atoms with E-state index in [2.05, 4.69) is 0 Å². The standard InChI is InChI=1S/C13H11ClFNO/c14-12-5-10(15)3-9-4-11(7-17)16(13(9)12)6-8-1-2-8/h3-5,7-8H,1-2,6H2. The van der Waals surface area contributed by atoms with Crippen LogP contribution in [0.2, 0.25) is 5.02 Å². The highest BCUT2D eigenvalue weighted by Gasteiger charge is 2.24. The van der Waals surface area contributed by atoms with Crippen molar-refractivity contribution in [2.75, 3.05) is 0 Å². The molecule has 17 heavy (non-hydrogen) atoms. The van der Waals surface area contributed by atoms with Crippen LogP contribution < -0.4 is 0 Å². The minimum absolute atomic E-state index is 0.369. The van der Waals surface area contributed by atoms with Crippen LogP contribution in [0.5, 0.6) is 0 Å². The molecule has 0 unspecified atom stereocenters. The van der Waals surface area contributed by atoms with E-state index >= 15 is 0 Å². The summed E-state index contributed by atoms with van der Waals surface area (Å²) < 4.78 is 15.1. The lowest BCUT2D eigenvalue weighted by Gasteiger charge is -2.07. The van der Waals surface area contributed by atoms with E-state index in [0.717, 1.165) is 18.3 Å². The SMILES string of the molecule is O=Cc1cc2cc(F)cc(Cl)c2n1CC1CC1. The van der Waals surface area contributed by atoms with E-state index in [1.54, 1.807) is 6.07 Å². The Morgan fingerprint density at radius 1 is 1.41 bits per heavy atom. The maximum absolute atomic E-state index is 13.2. The van der Waals surface area contributed by atoms with Gasteiger partial charge in [0, 0.05) is 11.9 Å². The van der Waals surface area contributed by atoms with Crippen LogP contribution in [-0.2, 0) is 6.54 Å². The fourth-order valence-corrected chi connectivity index (χ4v) is 2.52. The molecule has 1 heterocycles. The zero-order valence-electron chi connectivity index (χ0n) is 9.12. The highest BCUT2D eigenvalue weighted by molar-refractivity contribution is 6.35. The Morgan fingerprint density at radius 2 is 2.18 bits per heavy atom. The molecule has 4 heteroatoms. The van der Waals surface area contributed by atoms with Gasteiger partial charge in [0.2, 0.25) is 0 Å². The highest BCUT2D eigenvalue weighted by atomic mass is 35.5. The van der Waals surface area contributed by atoms with Crippen molar-refractivity contribution in [2.45, 2.75) is 19.4 Å². The molecule has 0 N–H and O–H groups in total. The average Bonchev–Trinajstić information content (AvgIpc) is 3.00. The first kappa shape index (κ1) is 10.8. The molecule has 0 aliphatic heterocycles. The second kappa shape index (κ2) is 3.84. The van der Waals surface area contributed by atoms with Crippen LogP contribution in [-0.4, -0.2) is 10.9 Å². The second-order valence-corrected chi connectivity index (χ2v) is 4.97. The smallest absolute Gasteiger partial charge is 0.166 e. The topological polar surface area (TPSA) is 22.0 Å².